The minimum Gasteiger partial charge on any atom is -0.323 e. The van der Waals surface area contributed by atoms with Crippen LogP contribution >= 0.6 is 0 Å². The van der Waals surface area contributed by atoms with Crippen molar-refractivity contribution in [3.05, 3.63) is 35.6 Å². The summed E-state index contributed by atoms with van der Waals surface area (Å²) in [7, 11) is 0. The topological polar surface area (TPSA) is 38.0 Å². The Morgan fingerprint density at radius 2 is 2.00 bits per heavy atom. The zero-order chi connectivity index (χ0) is 11.4. The molecule has 88 valence electrons. The zero-order valence-corrected chi connectivity index (χ0v) is 9.45. The van der Waals surface area contributed by atoms with Crippen molar-refractivity contribution < 1.29 is 4.39 Å². The number of halogens is 1. The lowest BCUT2D eigenvalue weighted by molar-refractivity contribution is 0.481. The van der Waals surface area contributed by atoms with Gasteiger partial charge in [0.15, 0.2) is 0 Å². The van der Waals surface area contributed by atoms with Crippen molar-refractivity contribution in [1.82, 2.24) is 5.32 Å². The summed E-state index contributed by atoms with van der Waals surface area (Å²) in [6, 6.07) is 7.07. The second-order valence-electron chi connectivity index (χ2n) is 4.52. The van der Waals surface area contributed by atoms with E-state index in [1.807, 2.05) is 6.07 Å². The summed E-state index contributed by atoms with van der Waals surface area (Å²) >= 11 is 0. The Morgan fingerprint density at radius 1 is 1.31 bits per heavy atom. The quantitative estimate of drug-likeness (QED) is 0.820. The molecule has 1 aromatic rings. The molecule has 0 radical (unpaired) electrons. The predicted molar refractivity (Wildman–Crippen MR) is 63.6 cm³/mol. The van der Waals surface area contributed by atoms with Crippen LogP contribution in [0.5, 0.6) is 0 Å². The van der Waals surface area contributed by atoms with E-state index in [1.165, 1.54) is 31.7 Å². The summed E-state index contributed by atoms with van der Waals surface area (Å²) in [5.74, 6) is -0.205. The number of hydrogen-bond donors (Lipinski definition) is 2. The van der Waals surface area contributed by atoms with Crippen LogP contribution in [0, 0.1) is 5.82 Å². The molecule has 1 unspecified atom stereocenters. The Morgan fingerprint density at radius 3 is 2.69 bits per heavy atom. The minimum absolute atomic E-state index is 0.205. The Balaban J connectivity index is 1.87. The molecular weight excluding hydrogens is 203 g/mol. The van der Waals surface area contributed by atoms with E-state index in [-0.39, 0.29) is 11.9 Å². The molecule has 1 saturated carbocycles. The standard InChI is InChI=1S/C13H19FN2/c14-12-8-4-3-7-11(12)13(15)9-16-10-5-1-2-6-10/h3-4,7-8,10,13,16H,1-2,5-6,9,15H2. The third-order valence-corrected chi connectivity index (χ3v) is 3.29. The molecule has 0 aliphatic heterocycles. The highest BCUT2D eigenvalue weighted by molar-refractivity contribution is 5.21. The van der Waals surface area contributed by atoms with E-state index in [0.29, 0.717) is 18.2 Å². The van der Waals surface area contributed by atoms with Gasteiger partial charge in [0, 0.05) is 24.2 Å². The maximum atomic E-state index is 13.4. The lowest BCUT2D eigenvalue weighted by Gasteiger charge is -2.17. The fraction of sp³-hybridized carbons (Fsp3) is 0.538. The van der Waals surface area contributed by atoms with Gasteiger partial charge < -0.3 is 11.1 Å². The van der Waals surface area contributed by atoms with Crippen LogP contribution in [0.4, 0.5) is 4.39 Å². The molecule has 0 amide bonds. The van der Waals surface area contributed by atoms with Gasteiger partial charge in [0.2, 0.25) is 0 Å². The third-order valence-electron chi connectivity index (χ3n) is 3.29. The van der Waals surface area contributed by atoms with Crippen LogP contribution in [0.25, 0.3) is 0 Å². The molecule has 0 bridgehead atoms. The normalized spacial score (nSPS) is 18.9. The molecule has 1 aliphatic carbocycles. The number of benzene rings is 1. The highest BCUT2D eigenvalue weighted by atomic mass is 19.1. The van der Waals surface area contributed by atoms with Crippen LogP contribution in [0.3, 0.4) is 0 Å². The largest absolute Gasteiger partial charge is 0.323 e. The molecule has 2 rings (SSSR count). The Bertz CT molecular complexity index is 334. The molecule has 3 heteroatoms. The first-order valence-corrected chi connectivity index (χ1v) is 6.01. The maximum Gasteiger partial charge on any atom is 0.128 e. The van der Waals surface area contributed by atoms with Gasteiger partial charge in [0.05, 0.1) is 0 Å². The number of rotatable bonds is 4. The number of nitrogens with two attached hydrogens (primary N) is 1. The molecule has 1 atom stereocenters. The van der Waals surface area contributed by atoms with E-state index in [2.05, 4.69) is 5.32 Å². The van der Waals surface area contributed by atoms with E-state index in [0.717, 1.165) is 0 Å². The van der Waals surface area contributed by atoms with Crippen molar-refractivity contribution in [2.24, 2.45) is 5.73 Å². The first-order chi connectivity index (χ1) is 7.77. The van der Waals surface area contributed by atoms with Crippen molar-refractivity contribution in [2.75, 3.05) is 6.54 Å². The van der Waals surface area contributed by atoms with Gasteiger partial charge in [-0.15, -0.1) is 0 Å². The second-order valence-corrected chi connectivity index (χ2v) is 4.52. The number of hydrogen-bond acceptors (Lipinski definition) is 2. The molecular formula is C13H19FN2. The van der Waals surface area contributed by atoms with Crippen LogP contribution in [-0.4, -0.2) is 12.6 Å². The van der Waals surface area contributed by atoms with Gasteiger partial charge in [-0.05, 0) is 18.9 Å². The maximum absolute atomic E-state index is 13.4. The summed E-state index contributed by atoms with van der Waals surface area (Å²) in [6.45, 7) is 0.658. The average molecular weight is 222 g/mol. The Labute approximate surface area is 96.0 Å². The molecule has 1 aromatic carbocycles. The molecule has 0 heterocycles. The van der Waals surface area contributed by atoms with Crippen molar-refractivity contribution in [3.8, 4) is 0 Å². The van der Waals surface area contributed by atoms with Crippen LogP contribution in [0.15, 0.2) is 24.3 Å². The van der Waals surface area contributed by atoms with Gasteiger partial charge in [-0.1, -0.05) is 31.0 Å². The fourth-order valence-corrected chi connectivity index (χ4v) is 2.31. The molecule has 1 fully saturated rings. The van der Waals surface area contributed by atoms with Gasteiger partial charge in [-0.3, -0.25) is 0 Å². The van der Waals surface area contributed by atoms with E-state index in [4.69, 9.17) is 5.73 Å². The highest BCUT2D eigenvalue weighted by Gasteiger charge is 2.16. The van der Waals surface area contributed by atoms with Gasteiger partial charge in [0.25, 0.3) is 0 Å². The van der Waals surface area contributed by atoms with Crippen molar-refractivity contribution >= 4 is 0 Å². The van der Waals surface area contributed by atoms with E-state index >= 15 is 0 Å². The van der Waals surface area contributed by atoms with Crippen molar-refractivity contribution in [1.29, 1.82) is 0 Å². The Kier molecular flexibility index (Phi) is 3.91. The first kappa shape index (κ1) is 11.6. The molecule has 2 nitrogen and oxygen atoms in total. The lowest BCUT2D eigenvalue weighted by Crippen LogP contribution is -2.33. The SMILES string of the molecule is NC(CNC1CCCC1)c1ccccc1F. The molecule has 3 N–H and O–H groups in total. The number of nitrogens with one attached hydrogen (secondary N) is 1. The summed E-state index contributed by atoms with van der Waals surface area (Å²) in [6.07, 6.45) is 5.05. The van der Waals surface area contributed by atoms with Crippen molar-refractivity contribution in [3.63, 3.8) is 0 Å². The Hall–Kier alpha value is -0.930. The van der Waals surface area contributed by atoms with Gasteiger partial charge in [0.1, 0.15) is 5.82 Å². The summed E-state index contributed by atoms with van der Waals surface area (Å²) < 4.78 is 13.4. The van der Waals surface area contributed by atoms with Crippen LogP contribution in [0.2, 0.25) is 0 Å². The summed E-state index contributed by atoms with van der Waals surface area (Å²) in [5.41, 5.74) is 6.58. The highest BCUT2D eigenvalue weighted by Crippen LogP contribution is 2.19. The molecule has 0 spiro atoms. The fourth-order valence-electron chi connectivity index (χ4n) is 2.31. The van der Waals surface area contributed by atoms with Crippen LogP contribution < -0.4 is 11.1 Å². The molecule has 1 aliphatic rings. The van der Waals surface area contributed by atoms with Crippen molar-refractivity contribution in [2.45, 2.75) is 37.8 Å². The van der Waals surface area contributed by atoms with Gasteiger partial charge in [-0.25, -0.2) is 4.39 Å². The van der Waals surface area contributed by atoms with Gasteiger partial charge in [-0.2, -0.15) is 0 Å². The summed E-state index contributed by atoms with van der Waals surface area (Å²) in [4.78, 5) is 0. The average Bonchev–Trinajstić information content (AvgIpc) is 2.79. The monoisotopic (exact) mass is 222 g/mol. The van der Waals surface area contributed by atoms with Crippen LogP contribution in [0.1, 0.15) is 37.3 Å². The van der Waals surface area contributed by atoms with E-state index in [1.54, 1.807) is 12.1 Å². The summed E-state index contributed by atoms with van der Waals surface area (Å²) in [5, 5.41) is 3.42. The minimum atomic E-state index is -0.248. The molecule has 0 aromatic heterocycles. The third kappa shape index (κ3) is 2.80. The van der Waals surface area contributed by atoms with E-state index in [9.17, 15) is 4.39 Å². The smallest absolute Gasteiger partial charge is 0.128 e. The van der Waals surface area contributed by atoms with E-state index < -0.39 is 0 Å². The molecule has 16 heavy (non-hydrogen) atoms. The zero-order valence-electron chi connectivity index (χ0n) is 9.45. The predicted octanol–water partition coefficient (Wildman–Crippen LogP) is 2.36. The lowest BCUT2D eigenvalue weighted by atomic mass is 10.1. The second kappa shape index (κ2) is 5.41. The molecule has 0 saturated heterocycles. The van der Waals surface area contributed by atoms with Gasteiger partial charge >= 0.3 is 0 Å². The first-order valence-electron chi connectivity index (χ1n) is 6.01. The van der Waals surface area contributed by atoms with Crippen LogP contribution in [-0.2, 0) is 0 Å².